The molecule has 3 heteroatoms. The standard InChI is InChI=1S/C18H22N2O/c1-20(16-7-4-5-14(11-16)12-19)13-18-17-8-3-2-6-15(17)9-10-21-18/h2-8,11,18H,9-10,12-13,19H2,1H3. The molecule has 1 heterocycles. The molecule has 110 valence electrons. The van der Waals surface area contributed by atoms with E-state index < -0.39 is 0 Å². The van der Waals surface area contributed by atoms with E-state index in [0.717, 1.165) is 25.1 Å². The van der Waals surface area contributed by atoms with Crippen molar-refractivity contribution in [1.82, 2.24) is 0 Å². The van der Waals surface area contributed by atoms with Gasteiger partial charge in [0.05, 0.1) is 6.61 Å². The number of likely N-dealkylation sites (N-methyl/N-ethyl adjacent to an activating group) is 1. The van der Waals surface area contributed by atoms with Gasteiger partial charge in [-0.1, -0.05) is 36.4 Å². The van der Waals surface area contributed by atoms with Crippen molar-refractivity contribution in [3.63, 3.8) is 0 Å². The van der Waals surface area contributed by atoms with Crippen molar-refractivity contribution in [3.05, 3.63) is 65.2 Å². The van der Waals surface area contributed by atoms with Gasteiger partial charge >= 0.3 is 0 Å². The molecular formula is C18H22N2O. The Morgan fingerprint density at radius 1 is 1.19 bits per heavy atom. The fourth-order valence-electron chi connectivity index (χ4n) is 2.90. The monoisotopic (exact) mass is 282 g/mol. The van der Waals surface area contributed by atoms with Gasteiger partial charge in [-0.2, -0.15) is 0 Å². The molecule has 0 aliphatic carbocycles. The molecule has 1 aliphatic heterocycles. The summed E-state index contributed by atoms with van der Waals surface area (Å²) in [7, 11) is 2.11. The molecule has 0 aromatic heterocycles. The Balaban J connectivity index is 1.77. The van der Waals surface area contributed by atoms with Crippen molar-refractivity contribution in [2.45, 2.75) is 19.1 Å². The van der Waals surface area contributed by atoms with Crippen molar-refractivity contribution < 1.29 is 4.74 Å². The summed E-state index contributed by atoms with van der Waals surface area (Å²) in [5.74, 6) is 0. The molecule has 2 N–H and O–H groups in total. The average molecular weight is 282 g/mol. The number of ether oxygens (including phenoxy) is 1. The molecule has 0 amide bonds. The molecule has 1 atom stereocenters. The molecule has 0 saturated heterocycles. The quantitative estimate of drug-likeness (QED) is 0.937. The van der Waals surface area contributed by atoms with Crippen molar-refractivity contribution in [2.75, 3.05) is 25.1 Å². The molecule has 2 aromatic carbocycles. The Labute approximate surface area is 126 Å². The Morgan fingerprint density at radius 3 is 2.90 bits per heavy atom. The van der Waals surface area contributed by atoms with Gasteiger partial charge < -0.3 is 15.4 Å². The van der Waals surface area contributed by atoms with E-state index in [-0.39, 0.29) is 6.10 Å². The van der Waals surface area contributed by atoms with Gasteiger partial charge in [0.15, 0.2) is 0 Å². The molecule has 0 radical (unpaired) electrons. The number of anilines is 1. The SMILES string of the molecule is CN(CC1OCCc2ccccc21)c1cccc(CN)c1. The van der Waals surface area contributed by atoms with Gasteiger partial charge in [0.2, 0.25) is 0 Å². The van der Waals surface area contributed by atoms with E-state index in [1.165, 1.54) is 16.8 Å². The lowest BCUT2D eigenvalue weighted by Gasteiger charge is -2.30. The van der Waals surface area contributed by atoms with Crippen LogP contribution in [0.15, 0.2) is 48.5 Å². The van der Waals surface area contributed by atoms with Gasteiger partial charge in [-0.05, 0) is 35.2 Å². The summed E-state index contributed by atoms with van der Waals surface area (Å²) in [4.78, 5) is 2.24. The van der Waals surface area contributed by atoms with Crippen LogP contribution in [0.4, 0.5) is 5.69 Å². The van der Waals surface area contributed by atoms with Crippen LogP contribution < -0.4 is 10.6 Å². The summed E-state index contributed by atoms with van der Waals surface area (Å²) in [5.41, 5.74) is 10.8. The Bertz CT molecular complexity index is 612. The largest absolute Gasteiger partial charge is 0.372 e. The number of nitrogens with two attached hydrogens (primary N) is 1. The molecule has 3 rings (SSSR count). The van der Waals surface area contributed by atoms with Crippen LogP contribution in [0, 0.1) is 0 Å². The van der Waals surface area contributed by atoms with Gasteiger partial charge in [-0.25, -0.2) is 0 Å². The summed E-state index contributed by atoms with van der Waals surface area (Å²) in [6.07, 6.45) is 1.15. The summed E-state index contributed by atoms with van der Waals surface area (Å²) in [6.45, 7) is 2.23. The first-order valence-electron chi connectivity index (χ1n) is 7.47. The third-order valence-corrected chi connectivity index (χ3v) is 4.12. The van der Waals surface area contributed by atoms with E-state index in [0.29, 0.717) is 6.54 Å². The van der Waals surface area contributed by atoms with Gasteiger partial charge in [-0.15, -0.1) is 0 Å². The molecule has 0 fully saturated rings. The van der Waals surface area contributed by atoms with E-state index in [4.69, 9.17) is 10.5 Å². The topological polar surface area (TPSA) is 38.5 Å². The Morgan fingerprint density at radius 2 is 2.05 bits per heavy atom. The van der Waals surface area contributed by atoms with Crippen LogP contribution in [0.1, 0.15) is 22.8 Å². The van der Waals surface area contributed by atoms with E-state index in [2.05, 4.69) is 60.5 Å². The minimum Gasteiger partial charge on any atom is -0.372 e. The number of fused-ring (bicyclic) bond motifs is 1. The second kappa shape index (κ2) is 6.29. The van der Waals surface area contributed by atoms with Gasteiger partial charge in [0, 0.05) is 25.8 Å². The zero-order valence-electron chi connectivity index (χ0n) is 12.5. The minimum absolute atomic E-state index is 0.140. The number of hydrogen-bond acceptors (Lipinski definition) is 3. The van der Waals surface area contributed by atoms with Gasteiger partial charge in [-0.3, -0.25) is 0 Å². The van der Waals surface area contributed by atoms with Crippen LogP contribution in [0.25, 0.3) is 0 Å². The predicted octanol–water partition coefficient (Wildman–Crippen LogP) is 2.90. The molecular weight excluding hydrogens is 260 g/mol. The lowest BCUT2D eigenvalue weighted by molar-refractivity contribution is 0.0478. The summed E-state index contributed by atoms with van der Waals surface area (Å²) in [5, 5.41) is 0. The zero-order chi connectivity index (χ0) is 14.7. The number of benzene rings is 2. The smallest absolute Gasteiger partial charge is 0.100 e. The molecule has 3 nitrogen and oxygen atoms in total. The maximum absolute atomic E-state index is 5.99. The number of nitrogens with zero attached hydrogens (tertiary/aromatic N) is 1. The zero-order valence-corrected chi connectivity index (χ0v) is 12.5. The maximum Gasteiger partial charge on any atom is 0.100 e. The van der Waals surface area contributed by atoms with Crippen molar-refractivity contribution >= 4 is 5.69 Å². The molecule has 0 spiro atoms. The number of rotatable bonds is 4. The number of hydrogen-bond donors (Lipinski definition) is 1. The first kappa shape index (κ1) is 14.1. The highest BCUT2D eigenvalue weighted by molar-refractivity contribution is 5.48. The minimum atomic E-state index is 0.140. The van der Waals surface area contributed by atoms with E-state index in [1.54, 1.807) is 0 Å². The highest BCUT2D eigenvalue weighted by atomic mass is 16.5. The first-order valence-corrected chi connectivity index (χ1v) is 7.47. The fourth-order valence-corrected chi connectivity index (χ4v) is 2.90. The van der Waals surface area contributed by atoms with Crippen LogP contribution in [0.5, 0.6) is 0 Å². The summed E-state index contributed by atoms with van der Waals surface area (Å²) >= 11 is 0. The molecule has 1 aliphatic rings. The van der Waals surface area contributed by atoms with E-state index in [9.17, 15) is 0 Å². The van der Waals surface area contributed by atoms with Crippen LogP contribution >= 0.6 is 0 Å². The second-order valence-corrected chi connectivity index (χ2v) is 5.56. The van der Waals surface area contributed by atoms with Crippen molar-refractivity contribution in [2.24, 2.45) is 5.73 Å². The first-order chi connectivity index (χ1) is 10.3. The molecule has 1 unspecified atom stereocenters. The molecule has 2 aromatic rings. The Hall–Kier alpha value is -1.84. The second-order valence-electron chi connectivity index (χ2n) is 5.56. The summed E-state index contributed by atoms with van der Waals surface area (Å²) in [6, 6.07) is 17.0. The van der Waals surface area contributed by atoms with E-state index >= 15 is 0 Å². The highest BCUT2D eigenvalue weighted by Gasteiger charge is 2.21. The van der Waals surface area contributed by atoms with Crippen LogP contribution in [0.3, 0.4) is 0 Å². The molecule has 0 saturated carbocycles. The summed E-state index contributed by atoms with van der Waals surface area (Å²) < 4.78 is 5.99. The van der Waals surface area contributed by atoms with Gasteiger partial charge in [0.1, 0.15) is 6.10 Å². The van der Waals surface area contributed by atoms with Crippen molar-refractivity contribution in [1.29, 1.82) is 0 Å². The van der Waals surface area contributed by atoms with Gasteiger partial charge in [0.25, 0.3) is 0 Å². The van der Waals surface area contributed by atoms with Crippen LogP contribution in [0.2, 0.25) is 0 Å². The maximum atomic E-state index is 5.99. The normalized spacial score (nSPS) is 17.3. The third kappa shape index (κ3) is 3.09. The predicted molar refractivity (Wildman–Crippen MR) is 86.4 cm³/mol. The average Bonchev–Trinajstić information content (AvgIpc) is 2.55. The van der Waals surface area contributed by atoms with Crippen LogP contribution in [-0.4, -0.2) is 20.2 Å². The lowest BCUT2D eigenvalue weighted by Crippen LogP contribution is -2.29. The van der Waals surface area contributed by atoms with E-state index in [1.807, 2.05) is 0 Å². The Kier molecular flexibility index (Phi) is 4.23. The third-order valence-electron chi connectivity index (χ3n) is 4.12. The highest BCUT2D eigenvalue weighted by Crippen LogP contribution is 2.28. The molecule has 21 heavy (non-hydrogen) atoms. The molecule has 0 bridgehead atoms. The fraction of sp³-hybridized carbons (Fsp3) is 0.333. The van der Waals surface area contributed by atoms with Crippen molar-refractivity contribution in [3.8, 4) is 0 Å². The lowest BCUT2D eigenvalue weighted by atomic mass is 9.97. The van der Waals surface area contributed by atoms with Crippen LogP contribution in [-0.2, 0) is 17.7 Å².